The van der Waals surface area contributed by atoms with Crippen molar-refractivity contribution in [2.24, 2.45) is 0 Å². The fourth-order valence-electron chi connectivity index (χ4n) is 1.40. The lowest BCUT2D eigenvalue weighted by Crippen LogP contribution is -2.09. The summed E-state index contributed by atoms with van der Waals surface area (Å²) in [6.45, 7) is 2.48. The SMILES string of the molecule is CCCCOC(=O)CCC(=O)c1ccc(Br)cc1. The van der Waals surface area contributed by atoms with Gasteiger partial charge in [0.15, 0.2) is 5.78 Å². The Kier molecular flexibility index (Phi) is 6.65. The van der Waals surface area contributed by atoms with Crippen molar-refractivity contribution in [2.75, 3.05) is 6.61 Å². The molecular formula is C14H17BrO3. The van der Waals surface area contributed by atoms with Gasteiger partial charge in [-0.05, 0) is 18.6 Å². The molecule has 0 aliphatic heterocycles. The molecular weight excluding hydrogens is 296 g/mol. The number of ketones is 1. The van der Waals surface area contributed by atoms with Crippen LogP contribution in [0.25, 0.3) is 0 Å². The van der Waals surface area contributed by atoms with E-state index in [4.69, 9.17) is 4.74 Å². The van der Waals surface area contributed by atoms with Gasteiger partial charge >= 0.3 is 5.97 Å². The Balaban J connectivity index is 2.32. The molecule has 0 heterocycles. The highest BCUT2D eigenvalue weighted by atomic mass is 79.9. The monoisotopic (exact) mass is 312 g/mol. The van der Waals surface area contributed by atoms with Gasteiger partial charge in [-0.1, -0.05) is 41.4 Å². The lowest BCUT2D eigenvalue weighted by Gasteiger charge is -2.03. The van der Waals surface area contributed by atoms with Crippen LogP contribution < -0.4 is 0 Å². The van der Waals surface area contributed by atoms with E-state index in [1.54, 1.807) is 12.1 Å². The third kappa shape index (κ3) is 5.45. The average molecular weight is 313 g/mol. The second kappa shape index (κ2) is 8.03. The van der Waals surface area contributed by atoms with Crippen molar-refractivity contribution in [1.29, 1.82) is 0 Å². The number of esters is 1. The van der Waals surface area contributed by atoms with Crippen molar-refractivity contribution in [3.05, 3.63) is 34.3 Å². The number of Topliss-reactive ketones (excluding diaryl/α,β-unsaturated/α-hetero) is 1. The summed E-state index contributed by atoms with van der Waals surface area (Å²) in [6, 6.07) is 7.11. The molecule has 0 saturated heterocycles. The van der Waals surface area contributed by atoms with E-state index in [1.165, 1.54) is 0 Å². The number of hydrogen-bond acceptors (Lipinski definition) is 3. The van der Waals surface area contributed by atoms with E-state index in [0.717, 1.165) is 17.3 Å². The molecule has 0 spiro atoms. The fraction of sp³-hybridized carbons (Fsp3) is 0.429. The number of unbranched alkanes of at least 4 members (excludes halogenated alkanes) is 1. The van der Waals surface area contributed by atoms with E-state index in [-0.39, 0.29) is 24.6 Å². The van der Waals surface area contributed by atoms with E-state index in [0.29, 0.717) is 12.2 Å². The first-order valence-corrected chi connectivity index (χ1v) is 6.87. The number of benzene rings is 1. The Bertz CT molecular complexity index is 398. The van der Waals surface area contributed by atoms with Crippen LogP contribution in [0.5, 0.6) is 0 Å². The molecule has 1 rings (SSSR count). The summed E-state index contributed by atoms with van der Waals surface area (Å²) in [5.74, 6) is -0.330. The maximum Gasteiger partial charge on any atom is 0.306 e. The number of ether oxygens (including phenoxy) is 1. The van der Waals surface area contributed by atoms with E-state index in [9.17, 15) is 9.59 Å². The van der Waals surface area contributed by atoms with Crippen molar-refractivity contribution in [3.63, 3.8) is 0 Å². The molecule has 0 saturated carbocycles. The molecule has 0 bridgehead atoms. The van der Waals surface area contributed by atoms with Crippen molar-refractivity contribution >= 4 is 27.7 Å². The molecule has 0 aromatic heterocycles. The van der Waals surface area contributed by atoms with Gasteiger partial charge < -0.3 is 4.74 Å². The molecule has 1 aromatic carbocycles. The predicted octanol–water partition coefficient (Wildman–Crippen LogP) is 3.76. The second-order valence-electron chi connectivity index (χ2n) is 4.00. The van der Waals surface area contributed by atoms with Crippen LogP contribution in [0.15, 0.2) is 28.7 Å². The van der Waals surface area contributed by atoms with Gasteiger partial charge in [-0.3, -0.25) is 9.59 Å². The number of hydrogen-bond donors (Lipinski definition) is 0. The zero-order chi connectivity index (χ0) is 13.4. The Hall–Kier alpha value is -1.16. The molecule has 3 nitrogen and oxygen atoms in total. The minimum Gasteiger partial charge on any atom is -0.466 e. The molecule has 0 N–H and O–H groups in total. The average Bonchev–Trinajstić information content (AvgIpc) is 2.37. The number of halogens is 1. The van der Waals surface area contributed by atoms with Gasteiger partial charge in [0, 0.05) is 16.5 Å². The standard InChI is InChI=1S/C14H17BrO3/c1-2-3-10-18-14(17)9-8-13(16)11-4-6-12(15)7-5-11/h4-7H,2-3,8-10H2,1H3. The summed E-state index contributed by atoms with van der Waals surface area (Å²) in [5, 5.41) is 0. The molecule has 0 unspecified atom stereocenters. The minimum atomic E-state index is -0.297. The van der Waals surface area contributed by atoms with Crippen molar-refractivity contribution in [2.45, 2.75) is 32.6 Å². The molecule has 0 amide bonds. The normalized spacial score (nSPS) is 10.1. The first-order chi connectivity index (χ1) is 8.63. The fourth-order valence-corrected chi connectivity index (χ4v) is 1.66. The van der Waals surface area contributed by atoms with Crippen LogP contribution in [0.4, 0.5) is 0 Å². The topological polar surface area (TPSA) is 43.4 Å². The third-order valence-electron chi connectivity index (χ3n) is 2.48. The van der Waals surface area contributed by atoms with Crippen LogP contribution in [-0.4, -0.2) is 18.4 Å². The van der Waals surface area contributed by atoms with Gasteiger partial charge in [0.05, 0.1) is 13.0 Å². The summed E-state index contributed by atoms with van der Waals surface area (Å²) < 4.78 is 5.92. The Labute approximate surface area is 116 Å². The van der Waals surface area contributed by atoms with E-state index in [1.807, 2.05) is 19.1 Å². The molecule has 18 heavy (non-hydrogen) atoms. The van der Waals surface area contributed by atoms with E-state index < -0.39 is 0 Å². The van der Waals surface area contributed by atoms with Gasteiger partial charge in [0.25, 0.3) is 0 Å². The van der Waals surface area contributed by atoms with Crippen molar-refractivity contribution in [3.8, 4) is 0 Å². The second-order valence-corrected chi connectivity index (χ2v) is 4.92. The van der Waals surface area contributed by atoms with Gasteiger partial charge in [0.2, 0.25) is 0 Å². The highest BCUT2D eigenvalue weighted by Gasteiger charge is 2.09. The van der Waals surface area contributed by atoms with Crippen molar-refractivity contribution in [1.82, 2.24) is 0 Å². The maximum absolute atomic E-state index is 11.8. The number of rotatable bonds is 7. The highest BCUT2D eigenvalue weighted by Crippen LogP contribution is 2.12. The summed E-state index contributed by atoms with van der Waals surface area (Å²) >= 11 is 3.31. The Morgan fingerprint density at radius 1 is 1.17 bits per heavy atom. The number of carbonyl (C=O) groups excluding carboxylic acids is 2. The molecule has 4 heteroatoms. The molecule has 0 fully saturated rings. The van der Waals surface area contributed by atoms with Crippen molar-refractivity contribution < 1.29 is 14.3 Å². The van der Waals surface area contributed by atoms with Crippen LogP contribution in [0.1, 0.15) is 43.0 Å². The van der Waals surface area contributed by atoms with E-state index >= 15 is 0 Å². The van der Waals surface area contributed by atoms with E-state index in [2.05, 4.69) is 15.9 Å². The quantitative estimate of drug-likeness (QED) is 0.437. The Morgan fingerprint density at radius 2 is 1.83 bits per heavy atom. The minimum absolute atomic E-state index is 0.0325. The lowest BCUT2D eigenvalue weighted by molar-refractivity contribution is -0.143. The van der Waals surface area contributed by atoms with Crippen LogP contribution in [0.2, 0.25) is 0 Å². The first-order valence-electron chi connectivity index (χ1n) is 6.08. The molecule has 0 aliphatic rings. The summed E-state index contributed by atoms with van der Waals surface area (Å²) in [4.78, 5) is 23.1. The van der Waals surface area contributed by atoms with Gasteiger partial charge in [-0.25, -0.2) is 0 Å². The smallest absolute Gasteiger partial charge is 0.306 e. The largest absolute Gasteiger partial charge is 0.466 e. The van der Waals surface area contributed by atoms with Gasteiger partial charge in [-0.2, -0.15) is 0 Å². The lowest BCUT2D eigenvalue weighted by atomic mass is 10.1. The van der Waals surface area contributed by atoms with Crippen LogP contribution in [0, 0.1) is 0 Å². The van der Waals surface area contributed by atoms with Crippen LogP contribution in [0.3, 0.4) is 0 Å². The zero-order valence-corrected chi connectivity index (χ0v) is 12.0. The molecule has 98 valence electrons. The number of carbonyl (C=O) groups is 2. The maximum atomic E-state index is 11.8. The zero-order valence-electron chi connectivity index (χ0n) is 10.4. The van der Waals surface area contributed by atoms with Gasteiger partial charge in [0.1, 0.15) is 0 Å². The molecule has 0 radical (unpaired) electrons. The third-order valence-corrected chi connectivity index (χ3v) is 3.01. The molecule has 1 aromatic rings. The predicted molar refractivity (Wildman–Crippen MR) is 73.6 cm³/mol. The Morgan fingerprint density at radius 3 is 2.44 bits per heavy atom. The van der Waals surface area contributed by atoms with Crippen LogP contribution in [-0.2, 0) is 9.53 Å². The van der Waals surface area contributed by atoms with Crippen LogP contribution >= 0.6 is 15.9 Å². The first kappa shape index (κ1) is 14.9. The molecule has 0 atom stereocenters. The molecule has 0 aliphatic carbocycles. The summed E-state index contributed by atoms with van der Waals surface area (Å²) in [7, 11) is 0. The summed E-state index contributed by atoms with van der Waals surface area (Å²) in [5.41, 5.74) is 0.625. The van der Waals surface area contributed by atoms with Gasteiger partial charge in [-0.15, -0.1) is 0 Å². The summed E-state index contributed by atoms with van der Waals surface area (Å²) in [6.07, 6.45) is 2.21. The highest BCUT2D eigenvalue weighted by molar-refractivity contribution is 9.10.